The number of terminal acetylenes is 1. The SMILES string of the molecule is C#CCN(CCC)S(=O)(=O)C(C)C(=O)O. The van der Waals surface area contributed by atoms with E-state index in [-0.39, 0.29) is 13.1 Å². The average Bonchev–Trinajstić information content (AvgIpc) is 2.16. The standard InChI is InChI=1S/C9H15NO4S/c1-4-6-10(7-5-2)15(13,14)8(3)9(11)12/h1,8H,5-7H2,2-3H3,(H,11,12). The predicted octanol–water partition coefficient (Wildman–Crippen LogP) is 0.135. The zero-order chi connectivity index (χ0) is 12.1. The zero-order valence-corrected chi connectivity index (χ0v) is 9.62. The van der Waals surface area contributed by atoms with E-state index in [1.54, 1.807) is 6.92 Å². The fourth-order valence-corrected chi connectivity index (χ4v) is 2.39. The minimum Gasteiger partial charge on any atom is -0.480 e. The second kappa shape index (κ2) is 5.73. The molecule has 0 aromatic rings. The molecule has 0 radical (unpaired) electrons. The van der Waals surface area contributed by atoms with Gasteiger partial charge < -0.3 is 5.11 Å². The van der Waals surface area contributed by atoms with E-state index in [9.17, 15) is 13.2 Å². The Morgan fingerprint density at radius 3 is 2.47 bits per heavy atom. The first kappa shape index (κ1) is 13.9. The molecule has 0 aromatic carbocycles. The van der Waals surface area contributed by atoms with Crippen LogP contribution in [-0.2, 0) is 14.8 Å². The van der Waals surface area contributed by atoms with E-state index in [0.29, 0.717) is 6.42 Å². The summed E-state index contributed by atoms with van der Waals surface area (Å²) < 4.78 is 24.4. The highest BCUT2D eigenvalue weighted by atomic mass is 32.2. The lowest BCUT2D eigenvalue weighted by atomic mass is 10.5. The first-order chi connectivity index (χ1) is 6.87. The summed E-state index contributed by atoms with van der Waals surface area (Å²) in [6, 6.07) is 0. The number of rotatable bonds is 6. The Kier molecular flexibility index (Phi) is 5.33. The first-order valence-electron chi connectivity index (χ1n) is 4.53. The maximum atomic E-state index is 11.7. The summed E-state index contributed by atoms with van der Waals surface area (Å²) in [7, 11) is -3.83. The van der Waals surface area contributed by atoms with Gasteiger partial charge in [0.1, 0.15) is 0 Å². The minimum atomic E-state index is -3.83. The normalized spacial score (nSPS) is 13.5. The molecule has 0 heterocycles. The van der Waals surface area contributed by atoms with Gasteiger partial charge in [0.2, 0.25) is 10.0 Å². The molecule has 0 aliphatic carbocycles. The van der Waals surface area contributed by atoms with Crippen LogP contribution >= 0.6 is 0 Å². The van der Waals surface area contributed by atoms with Crippen LogP contribution in [0.2, 0.25) is 0 Å². The van der Waals surface area contributed by atoms with Crippen molar-refractivity contribution in [2.75, 3.05) is 13.1 Å². The maximum absolute atomic E-state index is 11.7. The number of carboxylic acid groups (broad SMARTS) is 1. The summed E-state index contributed by atoms with van der Waals surface area (Å²) in [4.78, 5) is 10.6. The molecule has 1 atom stereocenters. The molecular formula is C9H15NO4S. The lowest BCUT2D eigenvalue weighted by Crippen LogP contribution is -2.41. The quantitative estimate of drug-likeness (QED) is 0.662. The molecule has 0 rings (SSSR count). The van der Waals surface area contributed by atoms with Crippen molar-refractivity contribution in [3.05, 3.63) is 0 Å². The molecule has 1 N–H and O–H groups in total. The first-order valence-corrected chi connectivity index (χ1v) is 6.03. The molecule has 1 unspecified atom stereocenters. The molecule has 0 saturated heterocycles. The summed E-state index contributed by atoms with van der Waals surface area (Å²) in [5.41, 5.74) is 0. The van der Waals surface area contributed by atoms with Crippen LogP contribution in [-0.4, -0.2) is 42.1 Å². The molecular weight excluding hydrogens is 218 g/mol. The van der Waals surface area contributed by atoms with Crippen molar-refractivity contribution >= 4 is 16.0 Å². The molecule has 0 aliphatic heterocycles. The van der Waals surface area contributed by atoms with Gasteiger partial charge in [0.25, 0.3) is 0 Å². The number of carboxylic acids is 1. The van der Waals surface area contributed by atoms with Crippen LogP contribution in [0.4, 0.5) is 0 Å². The topological polar surface area (TPSA) is 74.7 Å². The monoisotopic (exact) mass is 233 g/mol. The van der Waals surface area contributed by atoms with Crippen LogP contribution < -0.4 is 0 Å². The van der Waals surface area contributed by atoms with Gasteiger partial charge in [-0.15, -0.1) is 6.42 Å². The number of hydrogen-bond acceptors (Lipinski definition) is 3. The summed E-state index contributed by atoms with van der Waals surface area (Å²) in [6.45, 7) is 3.08. The van der Waals surface area contributed by atoms with Crippen LogP contribution in [0.15, 0.2) is 0 Å². The number of sulfonamides is 1. The lowest BCUT2D eigenvalue weighted by Gasteiger charge is -2.21. The molecule has 0 amide bonds. The number of hydrogen-bond donors (Lipinski definition) is 1. The van der Waals surface area contributed by atoms with E-state index in [2.05, 4.69) is 5.92 Å². The Balaban J connectivity index is 4.96. The Morgan fingerprint density at radius 2 is 2.13 bits per heavy atom. The molecule has 6 heteroatoms. The minimum absolute atomic E-state index is 0.0895. The second-order valence-electron chi connectivity index (χ2n) is 3.06. The van der Waals surface area contributed by atoms with Crippen molar-refractivity contribution < 1.29 is 18.3 Å². The number of nitrogens with zero attached hydrogens (tertiary/aromatic N) is 1. The van der Waals surface area contributed by atoms with Crippen LogP contribution in [0, 0.1) is 12.3 Å². The Morgan fingerprint density at radius 1 is 1.60 bits per heavy atom. The third kappa shape index (κ3) is 3.53. The highest BCUT2D eigenvalue weighted by Gasteiger charge is 2.32. The van der Waals surface area contributed by atoms with E-state index in [1.807, 2.05) is 0 Å². The van der Waals surface area contributed by atoms with Gasteiger partial charge in [-0.2, -0.15) is 4.31 Å². The fraction of sp³-hybridized carbons (Fsp3) is 0.667. The number of carbonyl (C=O) groups is 1. The zero-order valence-electron chi connectivity index (χ0n) is 8.80. The summed E-state index contributed by atoms with van der Waals surface area (Å²) in [5.74, 6) is 0.839. The van der Waals surface area contributed by atoms with E-state index in [0.717, 1.165) is 11.2 Å². The Labute approximate surface area is 90.1 Å². The molecule has 0 bridgehead atoms. The van der Waals surface area contributed by atoms with E-state index < -0.39 is 21.2 Å². The molecule has 0 aliphatic rings. The fourth-order valence-electron chi connectivity index (χ4n) is 0.998. The maximum Gasteiger partial charge on any atom is 0.323 e. The molecule has 0 aromatic heterocycles. The molecule has 86 valence electrons. The van der Waals surface area contributed by atoms with Gasteiger partial charge in [-0.05, 0) is 13.3 Å². The summed E-state index contributed by atoms with van der Waals surface area (Å²) in [6.07, 6.45) is 5.62. The molecule has 0 fully saturated rings. The van der Waals surface area contributed by atoms with Gasteiger partial charge in [0.05, 0.1) is 6.54 Å². The van der Waals surface area contributed by atoms with Crippen LogP contribution in [0.1, 0.15) is 20.3 Å². The second-order valence-corrected chi connectivity index (χ2v) is 5.32. The predicted molar refractivity (Wildman–Crippen MR) is 56.7 cm³/mol. The highest BCUT2D eigenvalue weighted by Crippen LogP contribution is 2.09. The van der Waals surface area contributed by atoms with E-state index in [1.165, 1.54) is 0 Å². The third-order valence-corrected chi connectivity index (χ3v) is 4.02. The lowest BCUT2D eigenvalue weighted by molar-refractivity contribution is -0.136. The van der Waals surface area contributed by atoms with Crippen molar-refractivity contribution in [2.24, 2.45) is 0 Å². The van der Waals surface area contributed by atoms with Crippen molar-refractivity contribution in [1.82, 2.24) is 4.31 Å². The largest absolute Gasteiger partial charge is 0.480 e. The molecule has 0 spiro atoms. The van der Waals surface area contributed by atoms with E-state index >= 15 is 0 Å². The van der Waals surface area contributed by atoms with Crippen LogP contribution in [0.3, 0.4) is 0 Å². The van der Waals surface area contributed by atoms with E-state index in [4.69, 9.17) is 11.5 Å². The van der Waals surface area contributed by atoms with Crippen molar-refractivity contribution in [1.29, 1.82) is 0 Å². The number of aliphatic carboxylic acids is 1. The van der Waals surface area contributed by atoms with Gasteiger partial charge >= 0.3 is 5.97 Å². The Hall–Kier alpha value is -1.06. The van der Waals surface area contributed by atoms with Crippen LogP contribution in [0.25, 0.3) is 0 Å². The smallest absolute Gasteiger partial charge is 0.323 e. The van der Waals surface area contributed by atoms with Crippen molar-refractivity contribution in [3.8, 4) is 12.3 Å². The van der Waals surface area contributed by atoms with Gasteiger partial charge in [-0.1, -0.05) is 12.8 Å². The van der Waals surface area contributed by atoms with Crippen molar-refractivity contribution in [3.63, 3.8) is 0 Å². The highest BCUT2D eigenvalue weighted by molar-refractivity contribution is 7.90. The summed E-state index contributed by atoms with van der Waals surface area (Å²) in [5, 5.41) is 7.18. The summed E-state index contributed by atoms with van der Waals surface area (Å²) >= 11 is 0. The third-order valence-electron chi connectivity index (χ3n) is 1.90. The van der Waals surface area contributed by atoms with Gasteiger partial charge in [-0.25, -0.2) is 8.42 Å². The Bertz CT molecular complexity index is 355. The van der Waals surface area contributed by atoms with Gasteiger partial charge in [-0.3, -0.25) is 4.79 Å². The molecule has 0 saturated carbocycles. The molecule has 5 nitrogen and oxygen atoms in total. The van der Waals surface area contributed by atoms with Gasteiger partial charge in [0.15, 0.2) is 5.25 Å². The molecule has 15 heavy (non-hydrogen) atoms. The average molecular weight is 233 g/mol. The van der Waals surface area contributed by atoms with Gasteiger partial charge in [0, 0.05) is 6.54 Å². The van der Waals surface area contributed by atoms with Crippen LogP contribution in [0.5, 0.6) is 0 Å². The van der Waals surface area contributed by atoms with Crippen molar-refractivity contribution in [2.45, 2.75) is 25.5 Å².